The highest BCUT2D eigenvalue weighted by Crippen LogP contribution is 2.41. The molecule has 3 aromatic heterocycles. The fraction of sp³-hybridized carbons (Fsp3) is 0. The first-order chi connectivity index (χ1) is 26.3. The topological polar surface area (TPSA) is 56.5 Å². The van der Waals surface area contributed by atoms with Crippen molar-refractivity contribution in [3.8, 4) is 62.2 Å². The Bertz CT molecular complexity index is 2920. The van der Waals surface area contributed by atoms with Gasteiger partial charge in [0.25, 0.3) is 0 Å². The molecule has 0 saturated heterocycles. The van der Waals surface area contributed by atoms with Crippen LogP contribution in [0.25, 0.3) is 94.9 Å². The number of nitrogens with zero attached hydrogens (tertiary/aromatic N) is 5. The summed E-state index contributed by atoms with van der Waals surface area (Å²) >= 11 is 0. The number of para-hydroxylation sites is 2. The van der Waals surface area contributed by atoms with Crippen LogP contribution in [0.4, 0.5) is 0 Å². The molecule has 0 radical (unpaired) electrons. The van der Waals surface area contributed by atoms with E-state index in [9.17, 15) is 0 Å². The van der Waals surface area contributed by atoms with Crippen LogP contribution in [0.1, 0.15) is 0 Å². The number of fused-ring (bicyclic) bond motifs is 5. The quantitative estimate of drug-likeness (QED) is 0.176. The standard InChI is InChI=1S/C48H31N5/c1-4-15-32(16-5-1)33-27-29-36(30-28-33)47-50-46(35-19-8-3-9-20-35)51-48(52-47)37-21-14-22-38(31-37)53-42-26-13-11-24-40(42)43-44(34-17-6-2-7-18-34)49-41-25-12-10-23-39(41)45(43)53/h1-31H. The van der Waals surface area contributed by atoms with Crippen LogP contribution >= 0.6 is 0 Å². The maximum Gasteiger partial charge on any atom is 0.164 e. The molecule has 0 N–H and O–H groups in total. The van der Waals surface area contributed by atoms with Gasteiger partial charge in [0.05, 0.1) is 22.2 Å². The van der Waals surface area contributed by atoms with Gasteiger partial charge in [-0.2, -0.15) is 0 Å². The number of benzene rings is 7. The van der Waals surface area contributed by atoms with E-state index >= 15 is 0 Å². The zero-order valence-corrected chi connectivity index (χ0v) is 28.6. The van der Waals surface area contributed by atoms with Gasteiger partial charge in [-0.1, -0.05) is 164 Å². The van der Waals surface area contributed by atoms with Crippen molar-refractivity contribution in [1.82, 2.24) is 24.5 Å². The van der Waals surface area contributed by atoms with Crippen LogP contribution in [0.3, 0.4) is 0 Å². The van der Waals surface area contributed by atoms with Gasteiger partial charge in [0.15, 0.2) is 17.5 Å². The van der Waals surface area contributed by atoms with Crippen LogP contribution in [-0.2, 0) is 0 Å². The third-order valence-electron chi connectivity index (χ3n) is 9.83. The second kappa shape index (κ2) is 12.8. The fourth-order valence-corrected chi connectivity index (χ4v) is 7.33. The van der Waals surface area contributed by atoms with Crippen LogP contribution in [-0.4, -0.2) is 24.5 Å². The van der Waals surface area contributed by atoms with Crippen LogP contribution in [0.2, 0.25) is 0 Å². The first-order valence-electron chi connectivity index (χ1n) is 17.7. The van der Waals surface area contributed by atoms with Crippen LogP contribution in [0.5, 0.6) is 0 Å². The van der Waals surface area contributed by atoms with Crippen molar-refractivity contribution in [3.05, 3.63) is 188 Å². The Morgan fingerprint density at radius 1 is 0.340 bits per heavy atom. The molecule has 0 spiro atoms. The zero-order chi connectivity index (χ0) is 35.1. The lowest BCUT2D eigenvalue weighted by Gasteiger charge is -2.13. The van der Waals surface area contributed by atoms with E-state index in [0.29, 0.717) is 17.5 Å². The maximum absolute atomic E-state index is 5.26. The van der Waals surface area contributed by atoms with Gasteiger partial charge in [-0.3, -0.25) is 0 Å². The third kappa shape index (κ3) is 5.43. The highest BCUT2D eigenvalue weighted by molar-refractivity contribution is 6.22. The Balaban J connectivity index is 1.18. The van der Waals surface area contributed by atoms with Gasteiger partial charge in [-0.05, 0) is 35.4 Å². The Hall–Kier alpha value is -7.24. The zero-order valence-electron chi connectivity index (χ0n) is 28.6. The normalized spacial score (nSPS) is 11.4. The third-order valence-corrected chi connectivity index (χ3v) is 9.83. The molecule has 5 heteroatoms. The number of rotatable bonds is 6. The molecule has 10 aromatic rings. The summed E-state index contributed by atoms with van der Waals surface area (Å²) in [4.78, 5) is 20.4. The van der Waals surface area contributed by atoms with Crippen molar-refractivity contribution in [3.63, 3.8) is 0 Å². The SMILES string of the molecule is c1ccc(-c2ccc(-c3nc(-c4ccccc4)nc(-c4cccc(-n5c6ccccc6c6c(-c7ccccc7)nc7ccccc7c65)c4)n3)cc2)cc1. The number of hydrogen-bond acceptors (Lipinski definition) is 4. The average Bonchev–Trinajstić information content (AvgIpc) is 3.60. The monoisotopic (exact) mass is 677 g/mol. The molecule has 0 unspecified atom stereocenters. The van der Waals surface area contributed by atoms with Gasteiger partial charge in [-0.15, -0.1) is 0 Å². The second-order valence-electron chi connectivity index (χ2n) is 13.1. The van der Waals surface area contributed by atoms with Crippen molar-refractivity contribution in [2.75, 3.05) is 0 Å². The lowest BCUT2D eigenvalue weighted by molar-refractivity contribution is 1.07. The van der Waals surface area contributed by atoms with E-state index in [4.69, 9.17) is 19.9 Å². The minimum absolute atomic E-state index is 0.611. The number of hydrogen-bond donors (Lipinski definition) is 0. The minimum atomic E-state index is 0.611. The number of pyridine rings is 1. The van der Waals surface area contributed by atoms with E-state index < -0.39 is 0 Å². The summed E-state index contributed by atoms with van der Waals surface area (Å²) in [6.07, 6.45) is 0. The van der Waals surface area contributed by atoms with Gasteiger partial charge in [-0.25, -0.2) is 19.9 Å². The Morgan fingerprint density at radius 3 is 1.53 bits per heavy atom. The molecule has 0 fully saturated rings. The second-order valence-corrected chi connectivity index (χ2v) is 13.1. The summed E-state index contributed by atoms with van der Waals surface area (Å²) < 4.78 is 2.37. The Morgan fingerprint density at radius 2 is 0.830 bits per heavy atom. The molecule has 7 aromatic carbocycles. The highest BCUT2D eigenvalue weighted by Gasteiger charge is 2.21. The first kappa shape index (κ1) is 30.6. The average molecular weight is 678 g/mol. The van der Waals surface area contributed by atoms with E-state index in [2.05, 4.69) is 150 Å². The molecule has 0 bridgehead atoms. The minimum Gasteiger partial charge on any atom is -0.308 e. The van der Waals surface area contributed by atoms with Gasteiger partial charge in [0.2, 0.25) is 0 Å². The summed E-state index contributed by atoms with van der Waals surface area (Å²) in [6.45, 7) is 0. The van der Waals surface area contributed by atoms with E-state index in [1.165, 1.54) is 5.56 Å². The molecule has 0 aliphatic carbocycles. The summed E-state index contributed by atoms with van der Waals surface area (Å²) in [5.41, 5.74) is 11.3. The van der Waals surface area contributed by atoms with Crippen molar-refractivity contribution in [2.45, 2.75) is 0 Å². The molecular formula is C48H31N5. The van der Waals surface area contributed by atoms with Gasteiger partial charge in [0.1, 0.15) is 0 Å². The van der Waals surface area contributed by atoms with E-state index in [1.807, 2.05) is 42.5 Å². The van der Waals surface area contributed by atoms with E-state index in [0.717, 1.165) is 71.9 Å². The highest BCUT2D eigenvalue weighted by atomic mass is 15.0. The van der Waals surface area contributed by atoms with Crippen molar-refractivity contribution >= 4 is 32.7 Å². The van der Waals surface area contributed by atoms with Crippen LogP contribution < -0.4 is 0 Å². The molecule has 5 nitrogen and oxygen atoms in total. The largest absolute Gasteiger partial charge is 0.308 e. The molecule has 0 aliphatic heterocycles. The molecule has 0 saturated carbocycles. The van der Waals surface area contributed by atoms with Crippen molar-refractivity contribution in [2.24, 2.45) is 0 Å². The summed E-state index contributed by atoms with van der Waals surface area (Å²) in [7, 11) is 0. The Kier molecular flexibility index (Phi) is 7.40. The molecule has 3 heterocycles. The maximum atomic E-state index is 5.26. The molecule has 53 heavy (non-hydrogen) atoms. The van der Waals surface area contributed by atoms with Crippen LogP contribution in [0.15, 0.2) is 188 Å². The predicted octanol–water partition coefficient (Wildman–Crippen LogP) is 11.9. The number of aromatic nitrogens is 5. The molecule has 0 amide bonds. The fourth-order valence-electron chi connectivity index (χ4n) is 7.33. The van der Waals surface area contributed by atoms with Crippen molar-refractivity contribution < 1.29 is 0 Å². The van der Waals surface area contributed by atoms with Crippen LogP contribution in [0, 0.1) is 0 Å². The first-order valence-corrected chi connectivity index (χ1v) is 17.7. The van der Waals surface area contributed by atoms with E-state index in [1.54, 1.807) is 0 Å². The smallest absolute Gasteiger partial charge is 0.164 e. The Labute approximate surface area is 306 Å². The summed E-state index contributed by atoms with van der Waals surface area (Å²) in [5, 5.41) is 3.37. The predicted molar refractivity (Wildman–Crippen MR) is 217 cm³/mol. The molecule has 0 atom stereocenters. The summed E-state index contributed by atoms with van der Waals surface area (Å²) in [6, 6.07) is 65.0. The molecule has 248 valence electrons. The van der Waals surface area contributed by atoms with E-state index in [-0.39, 0.29) is 0 Å². The lowest BCUT2D eigenvalue weighted by atomic mass is 10.0. The van der Waals surface area contributed by atoms with Crippen molar-refractivity contribution in [1.29, 1.82) is 0 Å². The molecule has 0 aliphatic rings. The molecular weight excluding hydrogens is 647 g/mol. The molecule has 10 rings (SSSR count). The van der Waals surface area contributed by atoms with Gasteiger partial charge >= 0.3 is 0 Å². The lowest BCUT2D eigenvalue weighted by Crippen LogP contribution is -2.01. The summed E-state index contributed by atoms with van der Waals surface area (Å²) in [5.74, 6) is 1.87. The van der Waals surface area contributed by atoms with Gasteiger partial charge in [0, 0.05) is 44.1 Å². The van der Waals surface area contributed by atoms with Gasteiger partial charge < -0.3 is 4.57 Å².